The molecule has 0 unspecified atom stereocenters. The van der Waals surface area contributed by atoms with Gasteiger partial charge in [0, 0.05) is 32.0 Å². The van der Waals surface area contributed by atoms with Crippen LogP contribution in [0.25, 0.3) is 0 Å². The lowest BCUT2D eigenvalue weighted by Gasteiger charge is -2.26. The summed E-state index contributed by atoms with van der Waals surface area (Å²) < 4.78 is 21.6. The summed E-state index contributed by atoms with van der Waals surface area (Å²) >= 11 is 6.43. The van der Waals surface area contributed by atoms with Gasteiger partial charge in [-0.1, -0.05) is 35.0 Å². The van der Waals surface area contributed by atoms with E-state index in [2.05, 4.69) is 9.68 Å². The van der Waals surface area contributed by atoms with Crippen LogP contribution in [0, 0.1) is 0 Å². The first kappa shape index (κ1) is 29.7. The van der Waals surface area contributed by atoms with Crippen molar-refractivity contribution in [2.75, 3.05) is 19.7 Å². The highest BCUT2D eigenvalue weighted by atomic mass is 35.5. The van der Waals surface area contributed by atoms with Crippen molar-refractivity contribution in [3.05, 3.63) is 46.5 Å². The fourth-order valence-electron chi connectivity index (χ4n) is 4.08. The third-order valence-corrected chi connectivity index (χ3v) is 6.77. The molecule has 0 radical (unpaired) electrons. The zero-order valence-corrected chi connectivity index (χ0v) is 22.7. The number of phosphoric ester groups is 1. The maximum atomic E-state index is 13.0. The first-order valence-corrected chi connectivity index (χ1v) is 14.2. The van der Waals surface area contributed by atoms with Crippen LogP contribution < -0.4 is 4.52 Å². The molecule has 2 heterocycles. The number of hydrogen-bond acceptors (Lipinski definition) is 8. The number of phosphoric acid groups is 1. The van der Waals surface area contributed by atoms with Gasteiger partial charge in [-0.3, -0.25) is 14.6 Å². The number of likely N-dealkylation sites (tertiary alicyclic amines) is 1. The first-order valence-electron chi connectivity index (χ1n) is 12.3. The second kappa shape index (κ2) is 13.8. The molecule has 0 aromatic heterocycles. The Morgan fingerprint density at radius 2 is 1.92 bits per heavy atom. The molecule has 0 saturated carbocycles. The predicted octanol–water partition coefficient (Wildman–Crippen LogP) is 4.29. The molecule has 2 aliphatic rings. The Hall–Kier alpha value is -2.85. The van der Waals surface area contributed by atoms with Gasteiger partial charge in [0.1, 0.15) is 17.4 Å². The maximum absolute atomic E-state index is 13.0. The lowest BCUT2D eigenvalue weighted by atomic mass is 9.99. The summed E-state index contributed by atoms with van der Waals surface area (Å²) in [6, 6.07) is 0.843. The van der Waals surface area contributed by atoms with Crippen LogP contribution in [0.1, 0.15) is 61.4 Å². The molecule has 2 aliphatic heterocycles. The largest absolute Gasteiger partial charge is 0.524 e. The van der Waals surface area contributed by atoms with E-state index in [1.165, 1.54) is 0 Å². The summed E-state index contributed by atoms with van der Waals surface area (Å²) in [5.41, 5.74) is -0.0880. The molecule has 3 rings (SSSR count). The number of ether oxygens (including phenoxy) is 1. The number of allylic oxidation sites excluding steroid dienone is 3. The summed E-state index contributed by atoms with van der Waals surface area (Å²) in [5.74, 6) is -2.25. The van der Waals surface area contributed by atoms with Crippen molar-refractivity contribution in [2.45, 2.75) is 58.0 Å². The van der Waals surface area contributed by atoms with Gasteiger partial charge >= 0.3 is 13.8 Å². The van der Waals surface area contributed by atoms with Gasteiger partial charge in [0.2, 0.25) is 0 Å². The van der Waals surface area contributed by atoms with Crippen molar-refractivity contribution < 1.29 is 43.1 Å². The number of nitrogens with zero attached hydrogens (tertiary/aromatic N) is 2. The number of phenols is 1. The molecule has 3 N–H and O–H groups in total. The predicted molar refractivity (Wildman–Crippen MR) is 140 cm³/mol. The molecule has 208 valence electrons. The van der Waals surface area contributed by atoms with Crippen molar-refractivity contribution in [1.82, 2.24) is 4.90 Å². The van der Waals surface area contributed by atoms with Crippen LogP contribution in [-0.2, 0) is 25.4 Å². The number of esters is 1. The fourth-order valence-corrected chi connectivity index (χ4v) is 4.78. The molecule has 0 aliphatic carbocycles. The number of aromatic hydroxyl groups is 1. The molecule has 0 spiro atoms. The van der Waals surface area contributed by atoms with Gasteiger partial charge in [0.05, 0.1) is 10.7 Å². The minimum absolute atomic E-state index is 0.0331. The number of piperidine rings is 1. The standard InChI is InChI=1S/C25H32ClN2O9P/c1-17-10-6-3-2-4-7-11-18(27-35-16-22(30)28-12-8-5-9-13-28)14-19-23(25(31)36-17)20(29)15-21(24(19)26)37-38(32,33)34/h3,6-7,11,15,17,29H,2,4-5,8-10,12-14,16H2,1H3,(H2,32,33,34)/b6-3+,11-7+,27-18?/t17-/m1/s1. The quantitative estimate of drug-likeness (QED) is 0.203. The molecule has 1 fully saturated rings. The fraction of sp³-hybridized carbons (Fsp3) is 0.480. The number of oxime groups is 1. The van der Waals surface area contributed by atoms with E-state index in [9.17, 15) is 29.0 Å². The Labute approximate surface area is 225 Å². The van der Waals surface area contributed by atoms with Crippen LogP contribution in [0.4, 0.5) is 0 Å². The van der Waals surface area contributed by atoms with Crippen molar-refractivity contribution >= 4 is 37.0 Å². The van der Waals surface area contributed by atoms with Gasteiger partial charge in [0.25, 0.3) is 5.91 Å². The van der Waals surface area contributed by atoms with Gasteiger partial charge in [-0.2, -0.15) is 0 Å². The smallest absolute Gasteiger partial charge is 0.507 e. The monoisotopic (exact) mass is 570 g/mol. The van der Waals surface area contributed by atoms with Gasteiger partial charge in [-0.25, -0.2) is 9.36 Å². The number of halogens is 1. The van der Waals surface area contributed by atoms with Crippen molar-refractivity contribution in [1.29, 1.82) is 0 Å². The molecule has 38 heavy (non-hydrogen) atoms. The Morgan fingerprint density at radius 3 is 2.63 bits per heavy atom. The van der Waals surface area contributed by atoms with Crippen LogP contribution >= 0.6 is 19.4 Å². The summed E-state index contributed by atoms with van der Waals surface area (Å²) in [6.07, 6.45) is 11.3. The number of carbonyl (C=O) groups excluding carboxylic acids is 2. The van der Waals surface area contributed by atoms with E-state index in [0.717, 1.165) is 31.7 Å². The van der Waals surface area contributed by atoms with Crippen LogP contribution in [0.2, 0.25) is 5.02 Å². The highest BCUT2D eigenvalue weighted by Gasteiger charge is 2.29. The molecule has 1 aromatic carbocycles. The molecule has 1 aromatic rings. The normalized spacial score (nSPS) is 22.1. The Kier molecular flexibility index (Phi) is 10.8. The van der Waals surface area contributed by atoms with E-state index >= 15 is 0 Å². The molecular weight excluding hydrogens is 539 g/mol. The molecule has 1 atom stereocenters. The number of hydrogen-bond donors (Lipinski definition) is 3. The second-order valence-corrected chi connectivity index (χ2v) is 10.6. The average Bonchev–Trinajstić information content (AvgIpc) is 2.85. The summed E-state index contributed by atoms with van der Waals surface area (Å²) in [4.78, 5) is 51.1. The van der Waals surface area contributed by atoms with E-state index in [0.29, 0.717) is 25.9 Å². The van der Waals surface area contributed by atoms with Gasteiger partial charge < -0.3 is 24.1 Å². The third-order valence-electron chi connectivity index (χ3n) is 5.92. The van der Waals surface area contributed by atoms with Crippen LogP contribution in [0.15, 0.2) is 35.5 Å². The van der Waals surface area contributed by atoms with E-state index in [1.807, 2.05) is 18.2 Å². The zero-order valence-electron chi connectivity index (χ0n) is 21.0. The average molecular weight is 571 g/mol. The molecule has 13 heteroatoms. The number of cyclic esters (lactones) is 1. The van der Waals surface area contributed by atoms with Crippen molar-refractivity contribution in [3.8, 4) is 11.5 Å². The number of rotatable bonds is 5. The summed E-state index contributed by atoms with van der Waals surface area (Å²) in [5, 5.41) is 14.4. The lowest BCUT2D eigenvalue weighted by molar-refractivity contribution is -0.137. The van der Waals surface area contributed by atoms with E-state index < -0.39 is 31.4 Å². The van der Waals surface area contributed by atoms with Crippen LogP contribution in [0.3, 0.4) is 0 Å². The summed E-state index contributed by atoms with van der Waals surface area (Å²) in [6.45, 7) is 2.74. The number of fused-ring (bicyclic) bond motifs is 1. The van der Waals surface area contributed by atoms with E-state index in [1.54, 1.807) is 17.9 Å². The maximum Gasteiger partial charge on any atom is 0.524 e. The second-order valence-electron chi connectivity index (χ2n) is 9.02. The first-order chi connectivity index (χ1) is 18.0. The minimum Gasteiger partial charge on any atom is -0.507 e. The van der Waals surface area contributed by atoms with E-state index in [4.69, 9.17) is 21.2 Å². The Balaban J connectivity index is 1.98. The zero-order chi connectivity index (χ0) is 27.7. The molecule has 11 nitrogen and oxygen atoms in total. The van der Waals surface area contributed by atoms with E-state index in [-0.39, 0.29) is 40.8 Å². The molecule has 0 bridgehead atoms. The number of benzene rings is 1. The van der Waals surface area contributed by atoms with Crippen LogP contribution in [0.5, 0.6) is 11.5 Å². The molecule has 1 saturated heterocycles. The number of phenolic OH excluding ortho intramolecular Hbond substituents is 1. The van der Waals surface area contributed by atoms with Gasteiger partial charge in [-0.15, -0.1) is 0 Å². The molecule has 1 amide bonds. The minimum atomic E-state index is -5.04. The van der Waals surface area contributed by atoms with Crippen LogP contribution in [-0.4, -0.2) is 63.2 Å². The highest BCUT2D eigenvalue weighted by Crippen LogP contribution is 2.45. The lowest BCUT2D eigenvalue weighted by Crippen LogP contribution is -2.37. The van der Waals surface area contributed by atoms with Crippen molar-refractivity contribution in [3.63, 3.8) is 0 Å². The Bertz CT molecular complexity index is 1160. The van der Waals surface area contributed by atoms with Gasteiger partial charge in [0.15, 0.2) is 12.4 Å². The third kappa shape index (κ3) is 8.87. The summed E-state index contributed by atoms with van der Waals surface area (Å²) in [7, 11) is -5.04. The Morgan fingerprint density at radius 1 is 1.21 bits per heavy atom. The number of amides is 1. The van der Waals surface area contributed by atoms with Crippen molar-refractivity contribution in [2.24, 2.45) is 5.16 Å². The SMILES string of the molecule is C[C@@H]1C/C=C/CC/C=C/C(=NOCC(=O)N2CCCCC2)Cc2c(Cl)c(OP(=O)(O)O)cc(O)c2C(=O)O1. The number of carbonyl (C=O) groups is 2. The highest BCUT2D eigenvalue weighted by molar-refractivity contribution is 7.46. The van der Waals surface area contributed by atoms with Gasteiger partial charge in [-0.05, 0) is 50.7 Å². The topological polar surface area (TPSA) is 155 Å². The molecular formula is C25H32ClN2O9P.